The topological polar surface area (TPSA) is 133 Å². The predicted molar refractivity (Wildman–Crippen MR) is 142 cm³/mol. The van der Waals surface area contributed by atoms with Gasteiger partial charge >= 0.3 is 6.09 Å². The number of hydrogen-bond acceptors (Lipinski definition) is 8. The fourth-order valence-electron chi connectivity index (χ4n) is 3.91. The number of nitrogens with zero attached hydrogens (tertiary/aromatic N) is 4. The number of nitrogens with one attached hydrogen (secondary N) is 1. The second-order valence-electron chi connectivity index (χ2n) is 9.63. The second-order valence-corrected chi connectivity index (χ2v) is 9.63. The van der Waals surface area contributed by atoms with Crippen molar-refractivity contribution >= 4 is 17.6 Å². The first-order valence-corrected chi connectivity index (χ1v) is 12.3. The Balaban J connectivity index is 0.00000400. The lowest BCUT2D eigenvalue weighted by molar-refractivity contribution is -0.126. The van der Waals surface area contributed by atoms with Gasteiger partial charge in [0.05, 0.1) is 37.7 Å². The Morgan fingerprint density at radius 1 is 1.11 bits per heavy atom. The van der Waals surface area contributed by atoms with Crippen LogP contribution in [0.4, 0.5) is 4.79 Å². The van der Waals surface area contributed by atoms with Crippen LogP contribution in [0.2, 0.25) is 0 Å². The number of aromatic nitrogens is 3. The molecule has 0 bridgehead atoms. The molecule has 1 saturated heterocycles. The molecule has 0 radical (unpaired) electrons. The molecule has 1 aliphatic heterocycles. The van der Waals surface area contributed by atoms with Crippen molar-refractivity contribution in [1.29, 1.82) is 0 Å². The van der Waals surface area contributed by atoms with E-state index in [-0.39, 0.29) is 26.5 Å². The first kappa shape index (κ1) is 29.0. The van der Waals surface area contributed by atoms with Gasteiger partial charge in [-0.15, -0.1) is 10.2 Å². The van der Waals surface area contributed by atoms with Gasteiger partial charge in [0.1, 0.15) is 12.6 Å². The number of rotatable bonds is 9. The average molecular weight is 527 g/mol. The molecule has 3 N–H and O–H groups in total. The summed E-state index contributed by atoms with van der Waals surface area (Å²) in [7, 11) is 0. The van der Waals surface area contributed by atoms with E-state index in [1.54, 1.807) is 18.7 Å². The molecule has 2 aromatic heterocycles. The Bertz CT molecular complexity index is 1220. The van der Waals surface area contributed by atoms with E-state index in [1.165, 1.54) is 0 Å². The van der Waals surface area contributed by atoms with Crippen LogP contribution in [0, 0.1) is 6.92 Å². The summed E-state index contributed by atoms with van der Waals surface area (Å²) < 4.78 is 18.7. The lowest BCUT2D eigenvalue weighted by Gasteiger charge is -2.26. The van der Waals surface area contributed by atoms with Crippen LogP contribution in [0.15, 0.2) is 42.5 Å². The Kier molecular flexibility index (Phi) is 9.78. The highest BCUT2D eigenvalue weighted by Crippen LogP contribution is 2.21. The first-order chi connectivity index (χ1) is 17.7. The number of carbonyl (C=O) groups is 2. The van der Waals surface area contributed by atoms with Crippen molar-refractivity contribution < 1.29 is 23.8 Å². The third-order valence-electron chi connectivity index (χ3n) is 6.06. The summed E-state index contributed by atoms with van der Waals surface area (Å²) in [5.41, 5.74) is 8.10. The molecule has 1 atom stereocenters. The lowest BCUT2D eigenvalue weighted by atomic mass is 10.1. The van der Waals surface area contributed by atoms with Gasteiger partial charge in [-0.2, -0.15) is 0 Å². The van der Waals surface area contributed by atoms with Crippen LogP contribution in [0.25, 0.3) is 5.65 Å². The minimum absolute atomic E-state index is 0. The molecule has 11 nitrogen and oxygen atoms in total. The number of nitrogens with two attached hydrogens (primary N) is 1. The number of benzene rings is 1. The van der Waals surface area contributed by atoms with E-state index < -0.39 is 17.7 Å². The molecular formula is C27H38N6O5. The molecule has 38 heavy (non-hydrogen) atoms. The van der Waals surface area contributed by atoms with Gasteiger partial charge in [0.15, 0.2) is 11.5 Å². The van der Waals surface area contributed by atoms with Crippen molar-refractivity contribution in [2.75, 3.05) is 32.9 Å². The first-order valence-electron chi connectivity index (χ1n) is 12.3. The van der Waals surface area contributed by atoms with Gasteiger partial charge in [-0.1, -0.05) is 43.8 Å². The maximum atomic E-state index is 12.8. The quantitative estimate of drug-likeness (QED) is 0.435. The zero-order chi connectivity index (χ0) is 26.4. The Labute approximate surface area is 223 Å². The predicted octanol–water partition coefficient (Wildman–Crippen LogP) is 2.75. The molecule has 11 heteroatoms. The minimum atomic E-state index is -1.11. The zero-order valence-electron chi connectivity index (χ0n) is 21.5. The monoisotopic (exact) mass is 526 g/mol. The number of carbonyl (C=O) groups excluding carboxylic acids is 2. The number of hydrogen-bond donors (Lipinski definition) is 2. The number of pyridine rings is 1. The lowest BCUT2D eigenvalue weighted by Crippen LogP contribution is -2.51. The summed E-state index contributed by atoms with van der Waals surface area (Å²) >= 11 is 0. The molecule has 4 rings (SSSR count). The van der Waals surface area contributed by atoms with E-state index in [0.717, 1.165) is 11.1 Å². The van der Waals surface area contributed by atoms with Gasteiger partial charge in [0.2, 0.25) is 5.91 Å². The van der Waals surface area contributed by atoms with Crippen LogP contribution in [0.1, 0.15) is 50.0 Å². The maximum absolute atomic E-state index is 12.8. The molecule has 0 spiro atoms. The number of fused-ring (bicyclic) bond motifs is 1. The Morgan fingerprint density at radius 2 is 1.82 bits per heavy atom. The van der Waals surface area contributed by atoms with E-state index in [4.69, 9.17) is 19.9 Å². The number of aryl methyl sites for hydroxylation is 1. The van der Waals surface area contributed by atoms with E-state index in [2.05, 4.69) is 15.5 Å². The fourth-order valence-corrected chi connectivity index (χ4v) is 3.91. The van der Waals surface area contributed by atoms with Crippen LogP contribution >= 0.6 is 0 Å². The van der Waals surface area contributed by atoms with Crippen molar-refractivity contribution in [2.24, 2.45) is 5.73 Å². The number of amides is 2. The van der Waals surface area contributed by atoms with Gasteiger partial charge in [-0.05, 0) is 38.0 Å². The summed E-state index contributed by atoms with van der Waals surface area (Å²) in [6, 6.07) is 12.9. The molecule has 0 aliphatic carbocycles. The summed E-state index contributed by atoms with van der Waals surface area (Å²) in [5, 5.41) is 11.7. The van der Waals surface area contributed by atoms with E-state index in [1.807, 2.05) is 53.8 Å². The highest BCUT2D eigenvalue weighted by molar-refractivity contribution is 5.85. The summed E-state index contributed by atoms with van der Waals surface area (Å²) in [5.74, 6) is 0.104. The van der Waals surface area contributed by atoms with Crippen LogP contribution in [0.5, 0.6) is 0 Å². The van der Waals surface area contributed by atoms with Gasteiger partial charge in [0, 0.05) is 13.1 Å². The number of ether oxygens (including phenoxy) is 3. The van der Waals surface area contributed by atoms with Gasteiger partial charge in [-0.25, -0.2) is 4.79 Å². The molecule has 1 aromatic carbocycles. The van der Waals surface area contributed by atoms with E-state index in [9.17, 15) is 9.59 Å². The van der Waals surface area contributed by atoms with Crippen LogP contribution < -0.4 is 11.1 Å². The highest BCUT2D eigenvalue weighted by Gasteiger charge is 2.29. The van der Waals surface area contributed by atoms with Crippen molar-refractivity contribution in [2.45, 2.75) is 53.0 Å². The largest absolute Gasteiger partial charge is 0.443 e. The Morgan fingerprint density at radius 3 is 2.50 bits per heavy atom. The van der Waals surface area contributed by atoms with Crippen molar-refractivity contribution in [3.05, 3.63) is 65.1 Å². The molecule has 1 fully saturated rings. The molecule has 1 aliphatic rings. The molecule has 0 saturated carbocycles. The fraction of sp³-hybridized carbons (Fsp3) is 0.481. The van der Waals surface area contributed by atoms with Crippen LogP contribution in [-0.2, 0) is 32.2 Å². The summed E-state index contributed by atoms with van der Waals surface area (Å²) in [6.07, 6.45) is -0.410. The maximum Gasteiger partial charge on any atom is 0.410 e. The molecule has 1 unspecified atom stereocenters. The third-order valence-corrected chi connectivity index (χ3v) is 6.06. The summed E-state index contributed by atoms with van der Waals surface area (Å²) in [6.45, 7) is 7.63. The van der Waals surface area contributed by atoms with Crippen LogP contribution in [-0.4, -0.2) is 69.9 Å². The van der Waals surface area contributed by atoms with Crippen molar-refractivity contribution in [3.8, 4) is 0 Å². The van der Waals surface area contributed by atoms with Gasteiger partial charge < -0.3 is 30.2 Å². The molecule has 3 heterocycles. The van der Waals surface area contributed by atoms with Crippen molar-refractivity contribution in [1.82, 2.24) is 24.8 Å². The zero-order valence-corrected chi connectivity index (χ0v) is 21.5. The SMILES string of the molecule is C.Cc1ccc(COC(=O)N2CCOCC2)n2c(C(COCc3ccccc3)NC(=O)C(C)(C)N)nnc12. The smallest absolute Gasteiger partial charge is 0.410 e. The Hall–Kier alpha value is -3.54. The third kappa shape index (κ3) is 7.06. The normalized spacial score (nSPS) is 14.6. The standard InChI is InChI=1S/C26H34N6O5.CH4/c1-18-9-10-20(16-37-25(34)31-11-13-35-14-12-31)32-22(18)29-30-23(32)21(28-24(33)26(2,3)27)17-36-15-19-7-5-4-6-8-19;/h4-10,21H,11-17,27H2,1-3H3,(H,28,33);1H4. The van der Waals surface area contributed by atoms with Crippen LogP contribution in [0.3, 0.4) is 0 Å². The van der Waals surface area contributed by atoms with Gasteiger partial charge in [0.25, 0.3) is 0 Å². The second kappa shape index (κ2) is 12.8. The number of morpholine rings is 1. The minimum Gasteiger partial charge on any atom is -0.443 e. The van der Waals surface area contributed by atoms with E-state index in [0.29, 0.717) is 50.1 Å². The molecule has 2 amide bonds. The van der Waals surface area contributed by atoms with Crippen molar-refractivity contribution in [3.63, 3.8) is 0 Å². The summed E-state index contributed by atoms with van der Waals surface area (Å²) in [4.78, 5) is 27.0. The van der Waals surface area contributed by atoms with E-state index >= 15 is 0 Å². The highest BCUT2D eigenvalue weighted by atomic mass is 16.6. The molecule has 3 aromatic rings. The average Bonchev–Trinajstić information content (AvgIpc) is 3.34. The molecule has 206 valence electrons. The molecular weight excluding hydrogens is 488 g/mol. The van der Waals surface area contributed by atoms with Gasteiger partial charge in [-0.3, -0.25) is 9.20 Å².